The van der Waals surface area contributed by atoms with Gasteiger partial charge in [0.05, 0.1) is 0 Å². The topological polar surface area (TPSA) is 39.7 Å². The van der Waals surface area contributed by atoms with Crippen LogP contribution in [-0.2, 0) is 0 Å². The second-order valence-electron chi connectivity index (χ2n) is 7.25. The molecule has 1 atom stereocenters. The van der Waals surface area contributed by atoms with E-state index in [2.05, 4.69) is 48.2 Å². The highest BCUT2D eigenvalue weighted by atomic mass is 15.2. The summed E-state index contributed by atoms with van der Waals surface area (Å²) in [6.07, 6.45) is 6.36. The molecule has 0 aromatic carbocycles. The van der Waals surface area contributed by atoms with E-state index < -0.39 is 0 Å². The van der Waals surface area contributed by atoms with Gasteiger partial charge >= 0.3 is 0 Å². The van der Waals surface area contributed by atoms with Crippen molar-refractivity contribution in [2.24, 2.45) is 16.8 Å². The number of guanidine groups is 1. The molecule has 1 unspecified atom stereocenters. The van der Waals surface area contributed by atoms with Gasteiger partial charge in [-0.3, -0.25) is 4.99 Å². The SMILES string of the molecule is CCCN1CCC(CNC(=NC)NC(C)CCC(C)C)CC1. The summed E-state index contributed by atoms with van der Waals surface area (Å²) in [5, 5.41) is 7.04. The lowest BCUT2D eigenvalue weighted by atomic mass is 9.97. The summed E-state index contributed by atoms with van der Waals surface area (Å²) < 4.78 is 0. The third-order valence-electron chi connectivity index (χ3n) is 4.59. The van der Waals surface area contributed by atoms with Gasteiger partial charge in [-0.05, 0) is 70.5 Å². The molecule has 1 aliphatic heterocycles. The molecule has 22 heavy (non-hydrogen) atoms. The summed E-state index contributed by atoms with van der Waals surface area (Å²) >= 11 is 0. The van der Waals surface area contributed by atoms with Gasteiger partial charge in [0.1, 0.15) is 0 Å². The highest BCUT2D eigenvalue weighted by Gasteiger charge is 2.18. The van der Waals surface area contributed by atoms with Crippen molar-refractivity contribution in [1.82, 2.24) is 15.5 Å². The van der Waals surface area contributed by atoms with Crippen LogP contribution in [0, 0.1) is 11.8 Å². The van der Waals surface area contributed by atoms with Crippen LogP contribution >= 0.6 is 0 Å². The van der Waals surface area contributed by atoms with E-state index in [4.69, 9.17) is 0 Å². The van der Waals surface area contributed by atoms with E-state index >= 15 is 0 Å². The van der Waals surface area contributed by atoms with Crippen molar-refractivity contribution in [3.8, 4) is 0 Å². The third kappa shape index (κ3) is 8.02. The molecule has 0 aromatic rings. The number of nitrogens with one attached hydrogen (secondary N) is 2. The molecular weight excluding hydrogens is 272 g/mol. The number of piperidine rings is 1. The Kier molecular flexibility index (Phi) is 9.53. The first-order valence-corrected chi connectivity index (χ1v) is 9.24. The number of likely N-dealkylation sites (tertiary alicyclic amines) is 1. The highest BCUT2D eigenvalue weighted by molar-refractivity contribution is 5.79. The number of aliphatic imine (C=N–C) groups is 1. The first kappa shape index (κ1) is 19.3. The van der Waals surface area contributed by atoms with Crippen molar-refractivity contribution in [1.29, 1.82) is 0 Å². The van der Waals surface area contributed by atoms with E-state index in [9.17, 15) is 0 Å². The summed E-state index contributed by atoms with van der Waals surface area (Å²) in [6, 6.07) is 0.486. The highest BCUT2D eigenvalue weighted by Crippen LogP contribution is 2.16. The molecule has 1 heterocycles. The second-order valence-corrected chi connectivity index (χ2v) is 7.25. The summed E-state index contributed by atoms with van der Waals surface area (Å²) in [6.45, 7) is 13.9. The van der Waals surface area contributed by atoms with Gasteiger partial charge < -0.3 is 15.5 Å². The molecule has 1 rings (SSSR count). The summed E-state index contributed by atoms with van der Waals surface area (Å²) in [5.41, 5.74) is 0. The minimum absolute atomic E-state index is 0.486. The number of hydrogen-bond donors (Lipinski definition) is 2. The van der Waals surface area contributed by atoms with E-state index in [1.807, 2.05) is 7.05 Å². The molecule has 4 heteroatoms. The van der Waals surface area contributed by atoms with Gasteiger partial charge in [-0.2, -0.15) is 0 Å². The fraction of sp³-hybridized carbons (Fsp3) is 0.944. The van der Waals surface area contributed by atoms with Crippen LogP contribution in [0.4, 0.5) is 0 Å². The quantitative estimate of drug-likeness (QED) is 0.534. The maximum Gasteiger partial charge on any atom is 0.191 e. The number of hydrogen-bond acceptors (Lipinski definition) is 2. The van der Waals surface area contributed by atoms with E-state index in [1.54, 1.807) is 0 Å². The fourth-order valence-electron chi connectivity index (χ4n) is 3.05. The molecule has 0 bridgehead atoms. The number of nitrogens with zero attached hydrogens (tertiary/aromatic N) is 2. The monoisotopic (exact) mass is 310 g/mol. The molecule has 1 aliphatic rings. The van der Waals surface area contributed by atoms with Crippen LogP contribution in [-0.4, -0.2) is 50.1 Å². The lowest BCUT2D eigenvalue weighted by Crippen LogP contribution is -2.45. The Balaban J connectivity index is 2.21. The average molecular weight is 311 g/mol. The molecule has 0 amide bonds. The summed E-state index contributed by atoms with van der Waals surface area (Å²) in [5.74, 6) is 2.53. The van der Waals surface area contributed by atoms with Crippen LogP contribution in [0.1, 0.15) is 59.8 Å². The van der Waals surface area contributed by atoms with E-state index in [1.165, 1.54) is 51.7 Å². The maximum absolute atomic E-state index is 4.37. The Morgan fingerprint density at radius 2 is 1.86 bits per heavy atom. The molecule has 1 saturated heterocycles. The van der Waals surface area contributed by atoms with E-state index in [0.717, 1.165) is 24.3 Å². The van der Waals surface area contributed by atoms with Crippen LogP contribution in [0.3, 0.4) is 0 Å². The lowest BCUT2D eigenvalue weighted by molar-refractivity contribution is 0.185. The summed E-state index contributed by atoms with van der Waals surface area (Å²) in [7, 11) is 1.87. The van der Waals surface area contributed by atoms with Crippen LogP contribution in [0.2, 0.25) is 0 Å². The van der Waals surface area contributed by atoms with Gasteiger partial charge in [-0.15, -0.1) is 0 Å². The van der Waals surface area contributed by atoms with Crippen molar-refractivity contribution in [3.63, 3.8) is 0 Å². The molecule has 130 valence electrons. The minimum Gasteiger partial charge on any atom is -0.356 e. The first-order chi connectivity index (χ1) is 10.5. The Hall–Kier alpha value is -0.770. The van der Waals surface area contributed by atoms with E-state index in [-0.39, 0.29) is 0 Å². The van der Waals surface area contributed by atoms with Gasteiger partial charge in [0.2, 0.25) is 0 Å². The Bertz CT molecular complexity index is 306. The predicted molar refractivity (Wildman–Crippen MR) is 97.5 cm³/mol. The second kappa shape index (κ2) is 10.9. The van der Waals surface area contributed by atoms with Crippen molar-refractivity contribution < 1.29 is 0 Å². The van der Waals surface area contributed by atoms with Gasteiger partial charge in [0, 0.05) is 19.6 Å². The van der Waals surface area contributed by atoms with E-state index in [0.29, 0.717) is 6.04 Å². The molecule has 0 aliphatic carbocycles. The van der Waals surface area contributed by atoms with Gasteiger partial charge in [-0.1, -0.05) is 20.8 Å². The Labute approximate surface area is 138 Å². The van der Waals surface area contributed by atoms with Gasteiger partial charge in [0.25, 0.3) is 0 Å². The fourth-order valence-corrected chi connectivity index (χ4v) is 3.05. The van der Waals surface area contributed by atoms with Gasteiger partial charge in [-0.25, -0.2) is 0 Å². The number of rotatable bonds is 8. The van der Waals surface area contributed by atoms with Crippen molar-refractivity contribution in [3.05, 3.63) is 0 Å². The normalized spacial score (nSPS) is 19.5. The largest absolute Gasteiger partial charge is 0.356 e. The molecular formula is C18H38N4. The maximum atomic E-state index is 4.37. The zero-order valence-electron chi connectivity index (χ0n) is 15.5. The first-order valence-electron chi connectivity index (χ1n) is 9.24. The van der Waals surface area contributed by atoms with Crippen molar-refractivity contribution in [2.75, 3.05) is 33.2 Å². The average Bonchev–Trinajstić information content (AvgIpc) is 2.51. The van der Waals surface area contributed by atoms with Crippen LogP contribution in [0.15, 0.2) is 4.99 Å². The molecule has 2 N–H and O–H groups in total. The molecule has 4 nitrogen and oxygen atoms in total. The smallest absolute Gasteiger partial charge is 0.191 e. The molecule has 1 fully saturated rings. The van der Waals surface area contributed by atoms with Crippen LogP contribution < -0.4 is 10.6 Å². The molecule has 0 radical (unpaired) electrons. The van der Waals surface area contributed by atoms with Gasteiger partial charge in [0.15, 0.2) is 5.96 Å². The predicted octanol–water partition coefficient (Wildman–Crippen LogP) is 3.10. The Morgan fingerprint density at radius 3 is 2.41 bits per heavy atom. The summed E-state index contributed by atoms with van der Waals surface area (Å²) in [4.78, 5) is 6.96. The third-order valence-corrected chi connectivity index (χ3v) is 4.59. The molecule has 0 spiro atoms. The minimum atomic E-state index is 0.486. The van der Waals surface area contributed by atoms with Crippen LogP contribution in [0.5, 0.6) is 0 Å². The molecule has 0 saturated carbocycles. The zero-order valence-corrected chi connectivity index (χ0v) is 15.5. The van der Waals surface area contributed by atoms with Crippen molar-refractivity contribution >= 4 is 5.96 Å². The van der Waals surface area contributed by atoms with Crippen molar-refractivity contribution in [2.45, 2.75) is 65.8 Å². The Morgan fingerprint density at radius 1 is 1.18 bits per heavy atom. The zero-order chi connectivity index (χ0) is 16.4. The van der Waals surface area contributed by atoms with Crippen LogP contribution in [0.25, 0.3) is 0 Å². The molecule has 0 aromatic heterocycles. The lowest BCUT2D eigenvalue weighted by Gasteiger charge is -2.32. The standard InChI is InChI=1S/C18H38N4/c1-6-11-22-12-9-17(10-13-22)14-20-18(19-5)21-16(4)8-7-15(2)3/h15-17H,6-14H2,1-5H3,(H2,19,20,21).